The second-order valence-corrected chi connectivity index (χ2v) is 5.13. The monoisotopic (exact) mass is 304 g/mol. The molecule has 0 saturated carbocycles. The number of aryl methyl sites for hydroxylation is 2. The summed E-state index contributed by atoms with van der Waals surface area (Å²) in [6.45, 7) is 6.98. The molecule has 1 aromatic rings. The highest BCUT2D eigenvalue weighted by Crippen LogP contribution is 2.12. The highest BCUT2D eigenvalue weighted by atomic mass is 16.4. The van der Waals surface area contributed by atoms with Gasteiger partial charge in [0.05, 0.1) is 12.5 Å². The molecule has 0 heterocycles. The summed E-state index contributed by atoms with van der Waals surface area (Å²) in [6, 6.07) is 5.76. The Morgan fingerprint density at radius 3 is 2.55 bits per heavy atom. The van der Waals surface area contributed by atoms with Crippen LogP contribution in [0, 0.1) is 13.8 Å². The van der Waals surface area contributed by atoms with E-state index in [1.807, 2.05) is 32.0 Å². The molecule has 4 N–H and O–H groups in total. The quantitative estimate of drug-likeness (QED) is 0.408. The van der Waals surface area contributed by atoms with Crippen LogP contribution in [0.4, 0.5) is 0 Å². The number of amides is 2. The fraction of sp³-hybridized carbons (Fsp3) is 0.333. The number of rotatable bonds is 7. The van der Waals surface area contributed by atoms with Crippen molar-refractivity contribution in [3.8, 4) is 0 Å². The summed E-state index contributed by atoms with van der Waals surface area (Å²) in [7, 11) is -1.69. The largest absolute Gasteiger partial charge is 0.475 e. The van der Waals surface area contributed by atoms with Gasteiger partial charge in [-0.15, -0.1) is 0 Å². The number of nitrogens with one attached hydrogen (secondary N) is 2. The smallest absolute Gasteiger partial charge is 0.426 e. The zero-order chi connectivity index (χ0) is 16.7. The van der Waals surface area contributed by atoms with Crippen LogP contribution in [0.25, 0.3) is 0 Å². The van der Waals surface area contributed by atoms with Crippen molar-refractivity contribution < 1.29 is 19.6 Å². The average molecular weight is 304 g/mol. The lowest BCUT2D eigenvalue weighted by atomic mass is 9.75. The third-order valence-corrected chi connectivity index (χ3v) is 3.34. The molecule has 0 aliphatic rings. The van der Waals surface area contributed by atoms with Gasteiger partial charge < -0.3 is 20.7 Å². The van der Waals surface area contributed by atoms with Crippen molar-refractivity contribution in [2.75, 3.05) is 6.54 Å². The van der Waals surface area contributed by atoms with Crippen molar-refractivity contribution >= 4 is 18.9 Å². The lowest BCUT2D eigenvalue weighted by Gasteiger charge is -2.18. The zero-order valence-corrected chi connectivity index (χ0v) is 12.8. The van der Waals surface area contributed by atoms with Gasteiger partial charge in [0.25, 0.3) is 0 Å². The Labute approximate surface area is 130 Å². The van der Waals surface area contributed by atoms with Gasteiger partial charge in [0.2, 0.25) is 11.8 Å². The molecule has 0 spiro atoms. The molecule has 0 saturated heterocycles. The molecule has 0 radical (unpaired) electrons. The van der Waals surface area contributed by atoms with Gasteiger partial charge in [-0.1, -0.05) is 24.8 Å². The fourth-order valence-electron chi connectivity index (χ4n) is 1.91. The molecule has 0 aromatic heterocycles. The third kappa shape index (κ3) is 5.71. The van der Waals surface area contributed by atoms with Crippen LogP contribution in [0.2, 0.25) is 0 Å². The van der Waals surface area contributed by atoms with Crippen molar-refractivity contribution in [1.82, 2.24) is 10.6 Å². The molecule has 1 aromatic carbocycles. The first-order valence-corrected chi connectivity index (χ1v) is 6.95. The molecule has 6 nitrogen and oxygen atoms in total. The van der Waals surface area contributed by atoms with Crippen molar-refractivity contribution in [1.29, 1.82) is 0 Å². The van der Waals surface area contributed by atoms with Crippen molar-refractivity contribution in [3.05, 3.63) is 47.5 Å². The van der Waals surface area contributed by atoms with E-state index in [4.69, 9.17) is 0 Å². The van der Waals surface area contributed by atoms with Crippen LogP contribution in [0.3, 0.4) is 0 Å². The zero-order valence-electron chi connectivity index (χ0n) is 12.8. The van der Waals surface area contributed by atoms with E-state index in [1.165, 1.54) is 0 Å². The van der Waals surface area contributed by atoms with Gasteiger partial charge in [-0.3, -0.25) is 9.59 Å². The second kappa shape index (κ2) is 8.36. The summed E-state index contributed by atoms with van der Waals surface area (Å²) in [5, 5.41) is 23.6. The fourth-order valence-corrected chi connectivity index (χ4v) is 1.91. The van der Waals surface area contributed by atoms with Crippen LogP contribution in [0.1, 0.15) is 16.7 Å². The van der Waals surface area contributed by atoms with E-state index in [-0.39, 0.29) is 13.0 Å². The summed E-state index contributed by atoms with van der Waals surface area (Å²) < 4.78 is 0. The minimum absolute atomic E-state index is 0.249. The average Bonchev–Trinajstić information content (AvgIpc) is 2.47. The van der Waals surface area contributed by atoms with E-state index in [0.29, 0.717) is 0 Å². The normalized spacial score (nSPS) is 11.5. The van der Waals surface area contributed by atoms with E-state index < -0.39 is 24.9 Å². The number of carbonyl (C=O) groups is 2. The topological polar surface area (TPSA) is 98.7 Å². The SMILES string of the molecule is C=CC(=O)NCC(=O)N[C@@H](Cc1ccc(C)c(C)c1)B(O)O. The Kier molecular flexibility index (Phi) is 6.81. The van der Waals surface area contributed by atoms with Crippen LogP contribution < -0.4 is 10.6 Å². The molecule has 7 heteroatoms. The first-order valence-electron chi connectivity index (χ1n) is 6.95. The summed E-state index contributed by atoms with van der Waals surface area (Å²) in [6.07, 6.45) is 1.33. The Hall–Kier alpha value is -2.12. The Balaban J connectivity index is 2.65. The van der Waals surface area contributed by atoms with Crippen LogP contribution in [0.15, 0.2) is 30.9 Å². The predicted molar refractivity (Wildman–Crippen MR) is 84.9 cm³/mol. The summed E-state index contributed by atoms with van der Waals surface area (Å²) >= 11 is 0. The Morgan fingerprint density at radius 2 is 2.00 bits per heavy atom. The molecule has 0 aliphatic heterocycles. The first kappa shape index (κ1) is 17.9. The van der Waals surface area contributed by atoms with Crippen LogP contribution in [-0.4, -0.2) is 41.5 Å². The van der Waals surface area contributed by atoms with Crippen LogP contribution in [0.5, 0.6) is 0 Å². The Morgan fingerprint density at radius 1 is 1.32 bits per heavy atom. The van der Waals surface area contributed by atoms with Crippen LogP contribution in [-0.2, 0) is 16.0 Å². The molecule has 0 fully saturated rings. The van der Waals surface area contributed by atoms with Gasteiger partial charge in [0.15, 0.2) is 0 Å². The first-order chi connectivity index (χ1) is 10.3. The Bertz CT molecular complexity index is 560. The second-order valence-electron chi connectivity index (χ2n) is 5.13. The summed E-state index contributed by atoms with van der Waals surface area (Å²) in [5.41, 5.74) is 3.12. The lowest BCUT2D eigenvalue weighted by molar-refractivity contribution is -0.124. The molecule has 2 amide bonds. The molecular weight excluding hydrogens is 283 g/mol. The van der Waals surface area contributed by atoms with E-state index in [2.05, 4.69) is 17.2 Å². The lowest BCUT2D eigenvalue weighted by Crippen LogP contribution is -2.50. The van der Waals surface area contributed by atoms with E-state index >= 15 is 0 Å². The van der Waals surface area contributed by atoms with Crippen LogP contribution >= 0.6 is 0 Å². The van der Waals surface area contributed by atoms with E-state index in [1.54, 1.807) is 0 Å². The summed E-state index contributed by atoms with van der Waals surface area (Å²) in [5.74, 6) is -1.82. The summed E-state index contributed by atoms with van der Waals surface area (Å²) in [4.78, 5) is 22.7. The maximum atomic E-state index is 11.7. The van der Waals surface area contributed by atoms with Crippen molar-refractivity contribution in [3.63, 3.8) is 0 Å². The minimum Gasteiger partial charge on any atom is -0.426 e. The number of carbonyl (C=O) groups excluding carboxylic acids is 2. The molecule has 0 unspecified atom stereocenters. The van der Waals surface area contributed by atoms with Gasteiger partial charge in [-0.25, -0.2) is 0 Å². The molecule has 0 aliphatic carbocycles. The molecule has 118 valence electrons. The molecular formula is C15H21BN2O4. The van der Waals surface area contributed by atoms with Gasteiger partial charge in [0.1, 0.15) is 0 Å². The standard InChI is InChI=1S/C15H21BN2O4/c1-4-14(19)17-9-15(20)18-13(16(21)22)8-12-6-5-10(2)11(3)7-12/h4-7,13,21-22H,1,8-9H2,2-3H3,(H,17,19)(H,18,20)/t13-/m0/s1. The van der Waals surface area contributed by atoms with Gasteiger partial charge in [-0.2, -0.15) is 0 Å². The third-order valence-electron chi connectivity index (χ3n) is 3.34. The van der Waals surface area contributed by atoms with Crippen molar-refractivity contribution in [2.24, 2.45) is 0 Å². The minimum atomic E-state index is -1.69. The maximum absolute atomic E-state index is 11.7. The highest BCUT2D eigenvalue weighted by Gasteiger charge is 2.25. The molecule has 22 heavy (non-hydrogen) atoms. The number of hydrogen-bond acceptors (Lipinski definition) is 4. The highest BCUT2D eigenvalue weighted by molar-refractivity contribution is 6.43. The predicted octanol–water partition coefficient (Wildman–Crippen LogP) is -0.355. The van der Waals surface area contributed by atoms with E-state index in [0.717, 1.165) is 22.8 Å². The van der Waals surface area contributed by atoms with E-state index in [9.17, 15) is 19.6 Å². The maximum Gasteiger partial charge on any atom is 0.475 e. The van der Waals surface area contributed by atoms with Gasteiger partial charge in [-0.05, 0) is 43.0 Å². The number of hydrogen-bond donors (Lipinski definition) is 4. The number of benzene rings is 1. The molecule has 1 rings (SSSR count). The van der Waals surface area contributed by atoms with Gasteiger partial charge >= 0.3 is 7.12 Å². The molecule has 0 bridgehead atoms. The van der Waals surface area contributed by atoms with Gasteiger partial charge in [0, 0.05) is 0 Å². The van der Waals surface area contributed by atoms with Crippen molar-refractivity contribution in [2.45, 2.75) is 26.2 Å². The molecule has 1 atom stereocenters.